The highest BCUT2D eigenvalue weighted by Crippen LogP contribution is 2.35. The maximum Gasteiger partial charge on any atom is 0.138 e. The van der Waals surface area contributed by atoms with Crippen LogP contribution in [0.3, 0.4) is 0 Å². The number of aromatic amines is 2. The summed E-state index contributed by atoms with van der Waals surface area (Å²) >= 11 is 0. The lowest BCUT2D eigenvalue weighted by Gasteiger charge is -2.11. The molecule has 0 unspecified atom stereocenters. The van der Waals surface area contributed by atoms with E-state index in [1.807, 2.05) is 44.6 Å². The quantitative estimate of drug-likeness (QED) is 0.259. The molecule has 0 bridgehead atoms. The van der Waals surface area contributed by atoms with E-state index >= 15 is 0 Å². The van der Waals surface area contributed by atoms with E-state index in [0.29, 0.717) is 17.8 Å². The number of nitrogens with zero attached hydrogens (tertiary/aromatic N) is 4. The van der Waals surface area contributed by atoms with E-state index in [2.05, 4.69) is 36.1 Å². The molecule has 6 rings (SSSR count). The summed E-state index contributed by atoms with van der Waals surface area (Å²) in [6.45, 7) is 1.39. The molecule has 0 saturated heterocycles. The molecule has 4 aromatic heterocycles. The largest absolute Gasteiger partial charge is 0.508 e. The molecule has 8 nitrogen and oxygen atoms in total. The zero-order valence-electron chi connectivity index (χ0n) is 20.9. The van der Waals surface area contributed by atoms with Gasteiger partial charge in [0.25, 0.3) is 0 Å². The zero-order valence-corrected chi connectivity index (χ0v) is 20.9. The van der Waals surface area contributed by atoms with Crippen LogP contribution in [-0.2, 0) is 0 Å². The average molecular weight is 509 g/mol. The molecule has 0 radical (unpaired) electrons. The molecular formula is C29H25FN6O2. The molecule has 4 heterocycles. The van der Waals surface area contributed by atoms with Gasteiger partial charge in [-0.05, 0) is 73.3 Å². The number of hydrogen-bond acceptors (Lipinski definition) is 6. The summed E-state index contributed by atoms with van der Waals surface area (Å²) in [5.41, 5.74) is 6.27. The van der Waals surface area contributed by atoms with Gasteiger partial charge in [-0.3, -0.25) is 10.1 Å². The van der Waals surface area contributed by atoms with Gasteiger partial charge >= 0.3 is 0 Å². The maximum atomic E-state index is 14.0. The number of hydrogen-bond donors (Lipinski definition) is 3. The molecule has 0 spiro atoms. The second-order valence-corrected chi connectivity index (χ2v) is 9.40. The third-order valence-corrected chi connectivity index (χ3v) is 6.40. The lowest BCUT2D eigenvalue weighted by atomic mass is 10.0. The number of likely N-dealkylation sites (N-methyl/N-ethyl adjacent to an activating group) is 1. The fourth-order valence-electron chi connectivity index (χ4n) is 4.54. The predicted molar refractivity (Wildman–Crippen MR) is 146 cm³/mol. The van der Waals surface area contributed by atoms with Crippen molar-refractivity contribution in [1.82, 2.24) is 30.0 Å². The number of ether oxygens (including phenoxy) is 1. The Morgan fingerprint density at radius 2 is 1.84 bits per heavy atom. The molecule has 3 N–H and O–H groups in total. The summed E-state index contributed by atoms with van der Waals surface area (Å²) in [7, 11) is 4.01. The van der Waals surface area contributed by atoms with Crippen LogP contribution in [0.25, 0.3) is 55.6 Å². The van der Waals surface area contributed by atoms with Gasteiger partial charge in [-0.15, -0.1) is 0 Å². The first-order valence-corrected chi connectivity index (χ1v) is 12.1. The number of phenolic OH excluding ortho intramolecular Hbond substituents is 1. The fraction of sp³-hybridized carbons (Fsp3) is 0.138. The lowest BCUT2D eigenvalue weighted by Crippen LogP contribution is -2.19. The van der Waals surface area contributed by atoms with Crippen molar-refractivity contribution in [2.45, 2.75) is 0 Å². The van der Waals surface area contributed by atoms with Crippen LogP contribution < -0.4 is 4.74 Å². The normalized spacial score (nSPS) is 11.6. The number of benzene rings is 2. The monoisotopic (exact) mass is 508 g/mol. The molecule has 0 aliphatic heterocycles. The molecule has 190 valence electrons. The molecule has 9 heteroatoms. The fourth-order valence-corrected chi connectivity index (χ4v) is 4.54. The third kappa shape index (κ3) is 4.55. The Morgan fingerprint density at radius 3 is 2.68 bits per heavy atom. The van der Waals surface area contributed by atoms with Crippen molar-refractivity contribution in [1.29, 1.82) is 0 Å². The van der Waals surface area contributed by atoms with Gasteiger partial charge in [-0.1, -0.05) is 6.07 Å². The van der Waals surface area contributed by atoms with E-state index < -0.39 is 5.82 Å². The highest BCUT2D eigenvalue weighted by molar-refractivity contribution is 6.00. The van der Waals surface area contributed by atoms with Crippen molar-refractivity contribution >= 4 is 21.9 Å². The van der Waals surface area contributed by atoms with Crippen LogP contribution in [0.4, 0.5) is 4.39 Å². The van der Waals surface area contributed by atoms with Gasteiger partial charge < -0.3 is 19.7 Å². The Hall–Kier alpha value is -4.76. The second kappa shape index (κ2) is 9.60. The zero-order chi connectivity index (χ0) is 26.2. The minimum atomic E-state index is -0.506. The van der Waals surface area contributed by atoms with Gasteiger partial charge in [-0.2, -0.15) is 5.10 Å². The van der Waals surface area contributed by atoms with Crippen LogP contribution in [0.5, 0.6) is 11.5 Å². The van der Waals surface area contributed by atoms with Crippen LogP contribution in [0, 0.1) is 5.82 Å². The van der Waals surface area contributed by atoms with Gasteiger partial charge in [0.2, 0.25) is 0 Å². The number of H-pyrrole nitrogens is 2. The predicted octanol–water partition coefficient (Wildman–Crippen LogP) is 5.62. The SMILES string of the molecule is CN(C)CCOc1cncc(-c2ccc3[nH]nc(-c4cc5c(-c6cc(O)cc(F)c6)ccnc5[nH]4)c3c2)c1. The van der Waals surface area contributed by atoms with Gasteiger partial charge in [0.15, 0.2) is 0 Å². The lowest BCUT2D eigenvalue weighted by molar-refractivity contribution is 0.261. The van der Waals surface area contributed by atoms with E-state index in [-0.39, 0.29) is 5.75 Å². The molecule has 2 aromatic carbocycles. The summed E-state index contributed by atoms with van der Waals surface area (Å²) in [5.74, 6) is 0.0795. The molecule has 0 aliphatic carbocycles. The van der Waals surface area contributed by atoms with E-state index in [4.69, 9.17) is 4.74 Å². The minimum Gasteiger partial charge on any atom is -0.508 e. The van der Waals surface area contributed by atoms with E-state index in [1.165, 1.54) is 12.1 Å². The van der Waals surface area contributed by atoms with Gasteiger partial charge in [0, 0.05) is 41.3 Å². The molecule has 0 amide bonds. The number of fused-ring (bicyclic) bond motifs is 2. The van der Waals surface area contributed by atoms with Crippen LogP contribution >= 0.6 is 0 Å². The number of pyridine rings is 2. The number of rotatable bonds is 7. The smallest absolute Gasteiger partial charge is 0.138 e. The Labute approximate surface area is 217 Å². The van der Waals surface area contributed by atoms with Gasteiger partial charge in [-0.25, -0.2) is 9.37 Å². The van der Waals surface area contributed by atoms with Crippen molar-refractivity contribution < 1.29 is 14.2 Å². The summed E-state index contributed by atoms with van der Waals surface area (Å²) in [4.78, 5) is 14.2. The van der Waals surface area contributed by atoms with Crippen LogP contribution in [0.2, 0.25) is 0 Å². The van der Waals surface area contributed by atoms with Crippen molar-refractivity contribution in [3.05, 3.63) is 79.0 Å². The molecular weight excluding hydrogens is 483 g/mol. The molecule has 0 saturated carbocycles. The highest BCUT2D eigenvalue weighted by atomic mass is 19.1. The summed E-state index contributed by atoms with van der Waals surface area (Å²) in [6, 6.07) is 15.8. The number of aromatic hydroxyl groups is 1. The third-order valence-electron chi connectivity index (χ3n) is 6.40. The molecule has 38 heavy (non-hydrogen) atoms. The van der Waals surface area contributed by atoms with Gasteiger partial charge in [0.05, 0.1) is 17.4 Å². The first-order chi connectivity index (χ1) is 18.4. The Bertz CT molecular complexity index is 1750. The van der Waals surface area contributed by atoms with E-state index in [1.54, 1.807) is 18.5 Å². The van der Waals surface area contributed by atoms with Crippen molar-refractivity contribution in [2.75, 3.05) is 27.2 Å². The summed E-state index contributed by atoms with van der Waals surface area (Å²) in [6.07, 6.45) is 5.18. The Balaban J connectivity index is 1.38. The van der Waals surface area contributed by atoms with Crippen LogP contribution in [0.15, 0.2) is 73.2 Å². The summed E-state index contributed by atoms with van der Waals surface area (Å²) in [5, 5.41) is 19.3. The number of aromatic nitrogens is 5. The van der Waals surface area contributed by atoms with E-state index in [9.17, 15) is 9.50 Å². The van der Waals surface area contributed by atoms with E-state index in [0.717, 1.165) is 62.7 Å². The number of phenols is 1. The summed E-state index contributed by atoms with van der Waals surface area (Å²) < 4.78 is 19.9. The van der Waals surface area contributed by atoms with Crippen molar-refractivity contribution in [2.24, 2.45) is 0 Å². The second-order valence-electron chi connectivity index (χ2n) is 9.40. The molecule has 6 aromatic rings. The van der Waals surface area contributed by atoms with Crippen molar-refractivity contribution in [3.63, 3.8) is 0 Å². The van der Waals surface area contributed by atoms with Crippen molar-refractivity contribution in [3.8, 4) is 45.1 Å². The maximum absolute atomic E-state index is 14.0. The van der Waals surface area contributed by atoms with Crippen LogP contribution in [0.1, 0.15) is 0 Å². The Morgan fingerprint density at radius 1 is 0.947 bits per heavy atom. The first-order valence-electron chi connectivity index (χ1n) is 12.1. The number of nitrogens with one attached hydrogen (secondary N) is 2. The average Bonchev–Trinajstić information content (AvgIpc) is 3.51. The minimum absolute atomic E-state index is 0.131. The standard InChI is InChI=1S/C29H25FN6O2/c1-36(2)7-8-38-22-11-19(15-31-16-22)17-3-4-26-25(12-17)28(35-34-26)27-14-24-23(5-6-32-29(24)33-27)18-9-20(30)13-21(37)10-18/h3-6,9-16,37H,7-8H2,1-2H3,(H,32,33)(H,34,35). The van der Waals surface area contributed by atoms with Gasteiger partial charge in [0.1, 0.15) is 35.3 Å². The topological polar surface area (TPSA) is 103 Å². The molecule has 0 aliphatic rings. The number of halogens is 1. The Kier molecular flexibility index (Phi) is 5.97. The van der Waals surface area contributed by atoms with Crippen LogP contribution in [-0.4, -0.2) is 62.4 Å². The molecule has 0 fully saturated rings. The first kappa shape index (κ1) is 23.6. The molecule has 0 atom stereocenters. The highest BCUT2D eigenvalue weighted by Gasteiger charge is 2.16.